The van der Waals surface area contributed by atoms with Crippen LogP contribution in [-0.4, -0.2) is 26.3 Å². The Morgan fingerprint density at radius 3 is 2.27 bits per heavy atom. The van der Waals surface area contributed by atoms with Gasteiger partial charge in [0.2, 0.25) is 0 Å². The Bertz CT molecular complexity index is 1120. The molecular weight excluding hydrogens is 557 g/mol. The van der Waals surface area contributed by atoms with Crippen molar-refractivity contribution in [2.75, 3.05) is 0 Å². The molecule has 0 radical (unpaired) electrons. The van der Waals surface area contributed by atoms with Crippen LogP contribution >= 0.6 is 0 Å². The molecule has 10 unspecified atom stereocenters. The van der Waals surface area contributed by atoms with Gasteiger partial charge in [-0.15, -0.1) is 0 Å². The maximum atomic E-state index is 12.7. The molecule has 44 heavy (non-hydrogen) atoms. The van der Waals surface area contributed by atoms with Gasteiger partial charge in [0, 0.05) is 18.9 Å². The highest BCUT2D eigenvalue weighted by atomic mass is 28.4. The highest BCUT2D eigenvalue weighted by Crippen LogP contribution is 2.68. The predicted octanol–water partition coefficient (Wildman–Crippen LogP) is 10.9. The molecule has 0 heterocycles. The number of benzene rings is 1. The van der Waals surface area contributed by atoms with Crippen LogP contribution in [0.25, 0.3) is 0 Å². The second-order valence-corrected chi connectivity index (χ2v) is 23.0. The summed E-state index contributed by atoms with van der Waals surface area (Å²) in [4.78, 5) is 12.7. The minimum Gasteiger partial charge on any atom is -0.414 e. The Hall–Kier alpha value is -0.973. The SMILES string of the molecule is CC(C)C(CCC(C)C1CCC2C3C(OCc4ccccc4)CC4CC(=O)CCC4(C)C3CCC12C)O[Si](C)(C)C(C)(C)C. The molecule has 4 aliphatic rings. The first-order valence-electron chi connectivity index (χ1n) is 18.4. The summed E-state index contributed by atoms with van der Waals surface area (Å²) in [6, 6.07) is 10.7. The van der Waals surface area contributed by atoms with Crippen LogP contribution in [0.1, 0.15) is 125 Å². The molecule has 0 aromatic heterocycles. The summed E-state index contributed by atoms with van der Waals surface area (Å²) < 4.78 is 14.0. The zero-order valence-corrected chi connectivity index (χ0v) is 31.1. The summed E-state index contributed by atoms with van der Waals surface area (Å²) in [7, 11) is -1.80. The van der Waals surface area contributed by atoms with Crippen molar-refractivity contribution in [2.24, 2.45) is 52.3 Å². The lowest BCUT2D eigenvalue weighted by molar-refractivity contribution is -0.185. The summed E-state index contributed by atoms with van der Waals surface area (Å²) in [6.07, 6.45) is 12.2. The van der Waals surface area contributed by atoms with Crippen LogP contribution < -0.4 is 0 Å². The third kappa shape index (κ3) is 6.57. The first-order chi connectivity index (χ1) is 20.6. The van der Waals surface area contributed by atoms with E-state index in [0.717, 1.165) is 37.5 Å². The van der Waals surface area contributed by atoms with Gasteiger partial charge in [0.05, 0.1) is 12.7 Å². The summed E-state index contributed by atoms with van der Waals surface area (Å²) in [5, 5.41) is 0.247. The van der Waals surface area contributed by atoms with E-state index in [1.165, 1.54) is 44.1 Å². The van der Waals surface area contributed by atoms with Crippen molar-refractivity contribution >= 4 is 14.1 Å². The fourth-order valence-electron chi connectivity index (χ4n) is 10.6. The number of carbonyl (C=O) groups is 1. The monoisotopic (exact) mass is 622 g/mol. The molecule has 4 heteroatoms. The summed E-state index contributed by atoms with van der Waals surface area (Å²) in [6.45, 7) is 25.2. The first-order valence-corrected chi connectivity index (χ1v) is 21.3. The third-order valence-corrected chi connectivity index (χ3v) is 18.9. The van der Waals surface area contributed by atoms with Gasteiger partial charge >= 0.3 is 0 Å². The average Bonchev–Trinajstić information content (AvgIpc) is 3.31. The number of hydrogen-bond donors (Lipinski definition) is 0. The molecule has 0 saturated heterocycles. The number of ketones is 1. The van der Waals surface area contributed by atoms with Crippen LogP contribution in [0.15, 0.2) is 30.3 Å². The lowest BCUT2D eigenvalue weighted by atomic mass is 9.43. The molecule has 0 bridgehead atoms. The van der Waals surface area contributed by atoms with Gasteiger partial charge in [-0.05, 0) is 127 Å². The van der Waals surface area contributed by atoms with Crippen LogP contribution in [-0.2, 0) is 20.6 Å². The van der Waals surface area contributed by atoms with Crippen LogP contribution in [0, 0.1) is 52.3 Å². The zero-order chi connectivity index (χ0) is 32.1. The fraction of sp³-hybridized carbons (Fsp3) is 0.825. The number of carbonyl (C=O) groups excluding carboxylic acids is 1. The van der Waals surface area contributed by atoms with E-state index in [1.54, 1.807) is 0 Å². The second-order valence-electron chi connectivity index (χ2n) is 18.3. The predicted molar refractivity (Wildman–Crippen MR) is 186 cm³/mol. The van der Waals surface area contributed by atoms with E-state index in [2.05, 4.69) is 98.8 Å². The second kappa shape index (κ2) is 12.9. The van der Waals surface area contributed by atoms with Crippen molar-refractivity contribution in [2.45, 2.75) is 157 Å². The van der Waals surface area contributed by atoms with Crippen LogP contribution in [0.3, 0.4) is 0 Å². The van der Waals surface area contributed by atoms with Crippen LogP contribution in [0.2, 0.25) is 18.1 Å². The molecule has 5 rings (SSSR count). The number of Topliss-reactive ketones (excluding diaryl/α,β-unsaturated/α-hetero) is 1. The van der Waals surface area contributed by atoms with E-state index in [-0.39, 0.29) is 11.1 Å². The van der Waals surface area contributed by atoms with E-state index in [9.17, 15) is 4.79 Å². The summed E-state index contributed by atoms with van der Waals surface area (Å²) in [5.74, 6) is 5.06. The Labute approximate surface area is 272 Å². The van der Waals surface area contributed by atoms with Crippen molar-refractivity contribution in [1.82, 2.24) is 0 Å². The van der Waals surface area contributed by atoms with E-state index in [0.29, 0.717) is 58.9 Å². The number of ether oxygens (including phenoxy) is 1. The molecule has 0 amide bonds. The molecule has 10 atom stereocenters. The Morgan fingerprint density at radius 2 is 1.61 bits per heavy atom. The van der Waals surface area contributed by atoms with Crippen molar-refractivity contribution in [3.05, 3.63) is 35.9 Å². The van der Waals surface area contributed by atoms with Crippen molar-refractivity contribution < 1.29 is 14.0 Å². The van der Waals surface area contributed by atoms with Crippen LogP contribution in [0.5, 0.6) is 0 Å². The smallest absolute Gasteiger partial charge is 0.192 e. The lowest BCUT2D eigenvalue weighted by Crippen LogP contribution is -2.59. The summed E-state index contributed by atoms with van der Waals surface area (Å²) in [5.41, 5.74) is 1.95. The molecule has 4 aliphatic carbocycles. The Morgan fingerprint density at radius 1 is 0.932 bits per heavy atom. The highest BCUT2D eigenvalue weighted by molar-refractivity contribution is 6.74. The van der Waals surface area contributed by atoms with E-state index >= 15 is 0 Å². The minimum atomic E-state index is -1.80. The molecule has 1 aromatic rings. The highest BCUT2D eigenvalue weighted by Gasteiger charge is 2.63. The van der Waals surface area contributed by atoms with Crippen molar-refractivity contribution in [1.29, 1.82) is 0 Å². The molecule has 1 aromatic carbocycles. The molecular formula is C40H66O3Si. The molecule has 4 saturated carbocycles. The molecule has 3 nitrogen and oxygen atoms in total. The van der Waals surface area contributed by atoms with Gasteiger partial charge in [-0.3, -0.25) is 4.79 Å². The van der Waals surface area contributed by atoms with E-state index in [4.69, 9.17) is 9.16 Å². The maximum Gasteiger partial charge on any atom is 0.192 e. The number of hydrogen-bond acceptors (Lipinski definition) is 3. The largest absolute Gasteiger partial charge is 0.414 e. The minimum absolute atomic E-state index is 0.247. The van der Waals surface area contributed by atoms with Gasteiger partial charge < -0.3 is 9.16 Å². The summed E-state index contributed by atoms with van der Waals surface area (Å²) >= 11 is 0. The average molecular weight is 623 g/mol. The van der Waals surface area contributed by atoms with Gasteiger partial charge in [-0.2, -0.15) is 0 Å². The Kier molecular flexibility index (Phi) is 10.1. The van der Waals surface area contributed by atoms with Gasteiger partial charge in [-0.1, -0.05) is 85.7 Å². The number of fused-ring (bicyclic) bond motifs is 5. The molecule has 248 valence electrons. The van der Waals surface area contributed by atoms with Crippen molar-refractivity contribution in [3.63, 3.8) is 0 Å². The molecule has 0 spiro atoms. The lowest BCUT2D eigenvalue weighted by Gasteiger charge is -2.62. The first kappa shape index (κ1) is 34.4. The quantitative estimate of drug-likeness (QED) is 0.244. The topological polar surface area (TPSA) is 35.5 Å². The molecule has 0 N–H and O–H groups in total. The molecule has 4 fully saturated rings. The van der Waals surface area contributed by atoms with Gasteiger partial charge in [0.15, 0.2) is 8.32 Å². The van der Waals surface area contributed by atoms with E-state index in [1.807, 2.05) is 0 Å². The standard InChI is InChI=1S/C40H66O3Si/c1-27(2)35(43-44(9,10)38(4,5)6)19-16-28(3)32-17-18-33-37-34(21-23-40(32,33)8)39(7)22-20-31(41)24-30(39)25-36(37)42-26-29-14-12-11-13-15-29/h11-15,27-28,30,32-37H,16-26H2,1-10H3. The van der Waals surface area contributed by atoms with Gasteiger partial charge in [-0.25, -0.2) is 0 Å². The normalized spacial score (nSPS) is 37.3. The van der Waals surface area contributed by atoms with Crippen LogP contribution in [0.4, 0.5) is 0 Å². The van der Waals surface area contributed by atoms with E-state index < -0.39 is 8.32 Å². The zero-order valence-electron chi connectivity index (χ0n) is 30.1. The van der Waals surface area contributed by atoms with Crippen molar-refractivity contribution in [3.8, 4) is 0 Å². The van der Waals surface area contributed by atoms with Gasteiger partial charge in [0.25, 0.3) is 0 Å². The third-order valence-electron chi connectivity index (χ3n) is 14.4. The molecule has 0 aliphatic heterocycles. The Balaban J connectivity index is 1.33. The van der Waals surface area contributed by atoms with Gasteiger partial charge in [0.1, 0.15) is 5.78 Å². The fourth-order valence-corrected chi connectivity index (χ4v) is 12.1. The maximum absolute atomic E-state index is 12.7. The number of rotatable bonds is 10.